The van der Waals surface area contributed by atoms with Crippen molar-refractivity contribution in [3.8, 4) is 16.9 Å². The molecule has 2 aromatic rings. The van der Waals surface area contributed by atoms with Crippen LogP contribution in [0.15, 0.2) is 48.5 Å². The van der Waals surface area contributed by atoms with E-state index in [9.17, 15) is 5.11 Å². The van der Waals surface area contributed by atoms with Crippen molar-refractivity contribution >= 4 is 12.4 Å². The van der Waals surface area contributed by atoms with Crippen LogP contribution in [-0.2, 0) is 6.54 Å². The molecular formula is C17H22ClNO. The molecule has 0 amide bonds. The Kier molecular flexibility index (Phi) is 6.56. The number of hydrogen-bond acceptors (Lipinski definition) is 2. The maximum Gasteiger partial charge on any atom is 0.123 e. The third-order valence-corrected chi connectivity index (χ3v) is 3.45. The summed E-state index contributed by atoms with van der Waals surface area (Å²) in [7, 11) is 0. The molecule has 0 aromatic heterocycles. The summed E-state index contributed by atoms with van der Waals surface area (Å²) in [6.45, 7) is 7.34. The third kappa shape index (κ3) is 3.99. The highest BCUT2D eigenvalue weighted by Crippen LogP contribution is 2.30. The lowest BCUT2D eigenvalue weighted by molar-refractivity contribution is 0.296. The summed E-state index contributed by atoms with van der Waals surface area (Å²) >= 11 is 0. The Morgan fingerprint density at radius 3 is 2.20 bits per heavy atom. The molecule has 0 bridgehead atoms. The van der Waals surface area contributed by atoms with Gasteiger partial charge in [-0.05, 0) is 36.3 Å². The van der Waals surface area contributed by atoms with Gasteiger partial charge in [-0.2, -0.15) is 0 Å². The van der Waals surface area contributed by atoms with Crippen LogP contribution in [0, 0.1) is 0 Å². The molecular weight excluding hydrogens is 270 g/mol. The molecule has 20 heavy (non-hydrogen) atoms. The smallest absolute Gasteiger partial charge is 0.123 e. The molecule has 0 aliphatic heterocycles. The Labute approximate surface area is 127 Å². The standard InChI is InChI=1S/C17H21NO.ClH/c1-3-18(4-2)13-14-10-11-17(19)16(12-14)15-8-6-5-7-9-15;/h5-12,19H,3-4,13H2,1-2H3;1H. The summed E-state index contributed by atoms with van der Waals surface area (Å²) in [5, 5.41) is 10.0. The normalized spacial score (nSPS) is 10.3. The van der Waals surface area contributed by atoms with Crippen LogP contribution >= 0.6 is 12.4 Å². The van der Waals surface area contributed by atoms with Crippen molar-refractivity contribution < 1.29 is 5.11 Å². The van der Waals surface area contributed by atoms with Crippen molar-refractivity contribution in [3.05, 3.63) is 54.1 Å². The molecule has 0 aliphatic rings. The minimum Gasteiger partial charge on any atom is -0.507 e. The first-order chi connectivity index (χ1) is 9.24. The van der Waals surface area contributed by atoms with Crippen LogP contribution in [0.1, 0.15) is 19.4 Å². The molecule has 0 aliphatic carbocycles. The SMILES string of the molecule is CCN(CC)Cc1ccc(O)c(-c2ccccc2)c1.Cl. The number of phenolic OH excluding ortho intramolecular Hbond substituents is 1. The fourth-order valence-electron chi connectivity index (χ4n) is 2.24. The molecule has 0 atom stereocenters. The first-order valence-electron chi connectivity index (χ1n) is 6.84. The van der Waals surface area contributed by atoms with Crippen LogP contribution in [0.25, 0.3) is 11.1 Å². The molecule has 0 fully saturated rings. The Morgan fingerprint density at radius 2 is 1.60 bits per heavy atom. The van der Waals surface area contributed by atoms with E-state index in [0.717, 1.165) is 30.8 Å². The first-order valence-corrected chi connectivity index (χ1v) is 6.84. The quantitative estimate of drug-likeness (QED) is 0.887. The van der Waals surface area contributed by atoms with Gasteiger partial charge in [0.1, 0.15) is 5.75 Å². The van der Waals surface area contributed by atoms with Gasteiger partial charge in [0.15, 0.2) is 0 Å². The molecule has 0 heterocycles. The maximum atomic E-state index is 10.0. The number of nitrogens with zero attached hydrogens (tertiary/aromatic N) is 1. The molecule has 0 spiro atoms. The number of rotatable bonds is 5. The maximum absolute atomic E-state index is 10.0. The number of hydrogen-bond donors (Lipinski definition) is 1. The lowest BCUT2D eigenvalue weighted by Gasteiger charge is -2.18. The highest BCUT2D eigenvalue weighted by molar-refractivity contribution is 5.85. The molecule has 2 nitrogen and oxygen atoms in total. The van der Waals surface area contributed by atoms with Gasteiger partial charge in [0.05, 0.1) is 0 Å². The minimum absolute atomic E-state index is 0. The fraction of sp³-hybridized carbons (Fsp3) is 0.294. The van der Waals surface area contributed by atoms with E-state index in [-0.39, 0.29) is 12.4 Å². The lowest BCUT2D eigenvalue weighted by Crippen LogP contribution is -2.22. The molecule has 2 rings (SSSR count). The average molecular weight is 292 g/mol. The zero-order valence-corrected chi connectivity index (χ0v) is 12.9. The topological polar surface area (TPSA) is 23.5 Å². The van der Waals surface area contributed by atoms with Gasteiger partial charge in [0, 0.05) is 12.1 Å². The van der Waals surface area contributed by atoms with Gasteiger partial charge in [0.2, 0.25) is 0 Å². The van der Waals surface area contributed by atoms with Crippen LogP contribution in [0.5, 0.6) is 5.75 Å². The second-order valence-electron chi connectivity index (χ2n) is 4.68. The van der Waals surface area contributed by atoms with Crippen molar-refractivity contribution in [2.75, 3.05) is 13.1 Å². The molecule has 108 valence electrons. The fourth-order valence-corrected chi connectivity index (χ4v) is 2.24. The van der Waals surface area contributed by atoms with Crippen LogP contribution in [0.3, 0.4) is 0 Å². The third-order valence-electron chi connectivity index (χ3n) is 3.45. The Morgan fingerprint density at radius 1 is 0.950 bits per heavy atom. The van der Waals surface area contributed by atoms with Crippen LogP contribution in [-0.4, -0.2) is 23.1 Å². The first kappa shape index (κ1) is 16.5. The Hall–Kier alpha value is -1.51. The Balaban J connectivity index is 0.00000200. The van der Waals surface area contributed by atoms with Gasteiger partial charge >= 0.3 is 0 Å². The van der Waals surface area contributed by atoms with Gasteiger partial charge < -0.3 is 5.11 Å². The predicted molar refractivity (Wildman–Crippen MR) is 87.4 cm³/mol. The van der Waals surface area contributed by atoms with E-state index in [0.29, 0.717) is 5.75 Å². The van der Waals surface area contributed by atoms with Gasteiger partial charge in [-0.15, -0.1) is 12.4 Å². The minimum atomic E-state index is 0. The summed E-state index contributed by atoms with van der Waals surface area (Å²) in [5.41, 5.74) is 3.20. The van der Waals surface area contributed by atoms with Gasteiger partial charge in [0.25, 0.3) is 0 Å². The van der Waals surface area contributed by atoms with E-state index in [4.69, 9.17) is 0 Å². The molecule has 0 saturated carbocycles. The second-order valence-corrected chi connectivity index (χ2v) is 4.68. The van der Waals surface area contributed by atoms with Crippen molar-refractivity contribution in [1.82, 2.24) is 4.90 Å². The zero-order chi connectivity index (χ0) is 13.7. The highest BCUT2D eigenvalue weighted by Gasteiger charge is 2.07. The number of phenols is 1. The van der Waals surface area contributed by atoms with Gasteiger partial charge in [-0.1, -0.05) is 50.2 Å². The Bertz CT molecular complexity index is 524. The monoisotopic (exact) mass is 291 g/mol. The highest BCUT2D eigenvalue weighted by atomic mass is 35.5. The lowest BCUT2D eigenvalue weighted by atomic mass is 10.0. The number of aromatic hydroxyl groups is 1. The van der Waals surface area contributed by atoms with E-state index >= 15 is 0 Å². The van der Waals surface area contributed by atoms with Crippen molar-refractivity contribution in [2.24, 2.45) is 0 Å². The van der Waals surface area contributed by atoms with Crippen molar-refractivity contribution in [3.63, 3.8) is 0 Å². The van der Waals surface area contributed by atoms with Gasteiger partial charge in [-0.25, -0.2) is 0 Å². The number of benzene rings is 2. The molecule has 2 aromatic carbocycles. The molecule has 0 saturated heterocycles. The van der Waals surface area contributed by atoms with E-state index in [2.05, 4.69) is 24.8 Å². The summed E-state index contributed by atoms with van der Waals surface area (Å²) in [6.07, 6.45) is 0. The number of halogens is 1. The van der Waals surface area contributed by atoms with E-state index in [1.54, 1.807) is 6.07 Å². The summed E-state index contributed by atoms with van der Waals surface area (Å²) in [6, 6.07) is 15.9. The molecule has 0 radical (unpaired) electrons. The van der Waals surface area contributed by atoms with E-state index in [1.165, 1.54) is 5.56 Å². The summed E-state index contributed by atoms with van der Waals surface area (Å²) in [4.78, 5) is 2.36. The van der Waals surface area contributed by atoms with E-state index < -0.39 is 0 Å². The molecule has 1 N–H and O–H groups in total. The van der Waals surface area contributed by atoms with Gasteiger partial charge in [-0.3, -0.25) is 4.90 Å². The zero-order valence-electron chi connectivity index (χ0n) is 12.0. The predicted octanol–water partition coefficient (Wildman–Crippen LogP) is 4.32. The molecule has 0 unspecified atom stereocenters. The van der Waals surface area contributed by atoms with Crippen LogP contribution in [0.4, 0.5) is 0 Å². The largest absolute Gasteiger partial charge is 0.507 e. The molecule has 3 heteroatoms. The van der Waals surface area contributed by atoms with Crippen molar-refractivity contribution in [2.45, 2.75) is 20.4 Å². The summed E-state index contributed by atoms with van der Waals surface area (Å²) in [5.74, 6) is 0.342. The van der Waals surface area contributed by atoms with E-state index in [1.807, 2.05) is 36.4 Å². The van der Waals surface area contributed by atoms with Crippen LogP contribution in [0.2, 0.25) is 0 Å². The average Bonchev–Trinajstić information content (AvgIpc) is 2.47. The second kappa shape index (κ2) is 7.93. The summed E-state index contributed by atoms with van der Waals surface area (Å²) < 4.78 is 0. The van der Waals surface area contributed by atoms with Crippen molar-refractivity contribution in [1.29, 1.82) is 0 Å². The van der Waals surface area contributed by atoms with Crippen LogP contribution < -0.4 is 0 Å².